The third-order valence-corrected chi connectivity index (χ3v) is 8.88. The molecule has 35 heavy (non-hydrogen) atoms. The van der Waals surface area contributed by atoms with Gasteiger partial charge in [-0.05, 0) is 99.3 Å². The van der Waals surface area contributed by atoms with Gasteiger partial charge in [0.25, 0.3) is 0 Å². The van der Waals surface area contributed by atoms with Crippen molar-refractivity contribution in [3.63, 3.8) is 0 Å². The van der Waals surface area contributed by atoms with Crippen LogP contribution >= 0.6 is 0 Å². The number of carbonyl (C=O) groups is 1. The molecule has 0 radical (unpaired) electrons. The van der Waals surface area contributed by atoms with Gasteiger partial charge in [-0.1, -0.05) is 19.1 Å². The average Bonchev–Trinajstić information content (AvgIpc) is 2.92. The molecule has 0 unspecified atom stereocenters. The van der Waals surface area contributed by atoms with Crippen molar-refractivity contribution < 1.29 is 23.4 Å². The van der Waals surface area contributed by atoms with Gasteiger partial charge in [0.15, 0.2) is 0 Å². The van der Waals surface area contributed by atoms with E-state index in [1.54, 1.807) is 7.11 Å². The number of hydrogen-bond donors (Lipinski definition) is 1. The van der Waals surface area contributed by atoms with Crippen LogP contribution in [0.15, 0.2) is 36.2 Å². The summed E-state index contributed by atoms with van der Waals surface area (Å²) in [4.78, 5) is 13.4. The van der Waals surface area contributed by atoms with Crippen molar-refractivity contribution in [1.82, 2.24) is 5.32 Å². The zero-order valence-electron chi connectivity index (χ0n) is 21.5. The van der Waals surface area contributed by atoms with E-state index in [9.17, 15) is 9.18 Å². The fourth-order valence-corrected chi connectivity index (χ4v) is 6.26. The number of halogens is 1. The predicted octanol–water partition coefficient (Wildman–Crippen LogP) is 6.01. The Morgan fingerprint density at radius 2 is 1.69 bits per heavy atom. The lowest BCUT2D eigenvalue weighted by Crippen LogP contribution is -2.54. The Morgan fingerprint density at radius 3 is 2.26 bits per heavy atom. The summed E-state index contributed by atoms with van der Waals surface area (Å²) >= 11 is 0. The molecule has 4 aliphatic carbocycles. The van der Waals surface area contributed by atoms with Crippen molar-refractivity contribution in [2.45, 2.75) is 95.1 Å². The Kier molecular flexibility index (Phi) is 8.87. The standard InChI is InChI=1S/C29H42FNO4/c1-3-22(20-30)21-35-26-8-4-23(5-9-26)28-12-15-29(16-13-28,17-14-28)27(32)31-24-6-10-25(11-7-24)34-19-18-33-2/h4-5,8-9,20,24-25H,3,6-7,10-19,21H2,1-2H3,(H,31,32)/b22-20+. The van der Waals surface area contributed by atoms with Crippen LogP contribution in [-0.2, 0) is 19.7 Å². The summed E-state index contributed by atoms with van der Waals surface area (Å²) < 4.78 is 29.5. The second-order valence-corrected chi connectivity index (χ2v) is 10.8. The topological polar surface area (TPSA) is 56.8 Å². The van der Waals surface area contributed by atoms with Crippen molar-refractivity contribution in [1.29, 1.82) is 0 Å². The highest BCUT2D eigenvalue weighted by Gasteiger charge is 2.53. The van der Waals surface area contributed by atoms with Crippen molar-refractivity contribution in [2.24, 2.45) is 5.41 Å². The van der Waals surface area contributed by atoms with Gasteiger partial charge in [0.2, 0.25) is 5.91 Å². The van der Waals surface area contributed by atoms with E-state index in [1.165, 1.54) is 5.56 Å². The highest BCUT2D eigenvalue weighted by molar-refractivity contribution is 5.83. The number of amides is 1. The van der Waals surface area contributed by atoms with E-state index in [1.807, 2.05) is 19.1 Å². The van der Waals surface area contributed by atoms with E-state index in [2.05, 4.69) is 17.4 Å². The van der Waals surface area contributed by atoms with E-state index in [0.717, 1.165) is 70.0 Å². The number of rotatable bonds is 11. The molecule has 0 spiro atoms. The number of nitrogens with one attached hydrogen (secondary N) is 1. The normalized spacial score (nSPS) is 30.8. The minimum absolute atomic E-state index is 0.172. The molecule has 194 valence electrons. The molecule has 1 N–H and O–H groups in total. The molecule has 0 aliphatic heterocycles. The van der Waals surface area contributed by atoms with Crippen LogP contribution in [0.4, 0.5) is 4.39 Å². The molecule has 0 aromatic heterocycles. The average molecular weight is 488 g/mol. The van der Waals surface area contributed by atoms with Crippen molar-refractivity contribution in [3.8, 4) is 5.75 Å². The number of methoxy groups -OCH3 is 1. The molecular formula is C29H42FNO4. The first-order valence-corrected chi connectivity index (χ1v) is 13.5. The first kappa shape index (κ1) is 26.2. The number of benzene rings is 1. The molecular weight excluding hydrogens is 445 g/mol. The molecule has 1 aromatic carbocycles. The lowest BCUT2D eigenvalue weighted by Gasteiger charge is -2.53. The lowest BCUT2D eigenvalue weighted by molar-refractivity contribution is -0.139. The molecule has 5 nitrogen and oxygen atoms in total. The third-order valence-electron chi connectivity index (χ3n) is 8.88. The molecule has 6 heteroatoms. The smallest absolute Gasteiger partial charge is 0.226 e. The molecule has 2 bridgehead atoms. The van der Waals surface area contributed by atoms with E-state index in [0.29, 0.717) is 37.6 Å². The second kappa shape index (κ2) is 11.9. The largest absolute Gasteiger partial charge is 0.489 e. The molecule has 0 heterocycles. The summed E-state index contributed by atoms with van der Waals surface area (Å²) in [6, 6.07) is 8.64. The Bertz CT molecular complexity index is 835. The van der Waals surface area contributed by atoms with Gasteiger partial charge in [-0.15, -0.1) is 0 Å². The predicted molar refractivity (Wildman–Crippen MR) is 135 cm³/mol. The quantitative estimate of drug-likeness (QED) is 0.388. The van der Waals surface area contributed by atoms with Crippen molar-refractivity contribution in [3.05, 3.63) is 41.7 Å². The highest BCUT2D eigenvalue weighted by Crippen LogP contribution is 2.58. The molecule has 1 aromatic rings. The summed E-state index contributed by atoms with van der Waals surface area (Å²) in [6.45, 7) is 3.50. The molecule has 4 saturated carbocycles. The maximum absolute atomic E-state index is 13.4. The van der Waals surface area contributed by atoms with Gasteiger partial charge in [-0.25, -0.2) is 4.39 Å². The summed E-state index contributed by atoms with van der Waals surface area (Å²) in [5.74, 6) is 1.06. The number of ether oxygens (including phenoxy) is 3. The van der Waals surface area contributed by atoms with E-state index < -0.39 is 0 Å². The maximum Gasteiger partial charge on any atom is 0.226 e. The van der Waals surface area contributed by atoms with Gasteiger partial charge in [-0.2, -0.15) is 0 Å². The Balaban J connectivity index is 1.26. The Morgan fingerprint density at radius 1 is 1.03 bits per heavy atom. The summed E-state index contributed by atoms with van der Waals surface area (Å²) in [5, 5.41) is 3.42. The monoisotopic (exact) mass is 487 g/mol. The highest BCUT2D eigenvalue weighted by atomic mass is 19.1. The van der Waals surface area contributed by atoms with Crippen LogP contribution in [0.3, 0.4) is 0 Å². The van der Waals surface area contributed by atoms with Crippen LogP contribution in [0.1, 0.15) is 83.1 Å². The number of carbonyl (C=O) groups excluding carboxylic acids is 1. The molecule has 4 fully saturated rings. The molecule has 0 atom stereocenters. The van der Waals surface area contributed by atoms with Crippen molar-refractivity contribution in [2.75, 3.05) is 26.9 Å². The van der Waals surface area contributed by atoms with E-state index in [-0.39, 0.29) is 29.4 Å². The second-order valence-electron chi connectivity index (χ2n) is 10.8. The van der Waals surface area contributed by atoms with Crippen LogP contribution in [0.2, 0.25) is 0 Å². The van der Waals surface area contributed by atoms with Gasteiger partial charge < -0.3 is 19.5 Å². The zero-order valence-corrected chi connectivity index (χ0v) is 21.5. The van der Waals surface area contributed by atoms with Gasteiger partial charge in [0, 0.05) is 18.6 Å². The lowest BCUT2D eigenvalue weighted by atomic mass is 9.51. The van der Waals surface area contributed by atoms with Crippen LogP contribution in [0.5, 0.6) is 5.75 Å². The van der Waals surface area contributed by atoms with Gasteiger partial charge in [-0.3, -0.25) is 4.79 Å². The van der Waals surface area contributed by atoms with Gasteiger partial charge in [0.05, 0.1) is 25.6 Å². The minimum atomic E-state index is -0.189. The zero-order chi connectivity index (χ0) is 24.7. The molecule has 1 amide bonds. The molecule has 4 aliphatic rings. The van der Waals surface area contributed by atoms with Crippen LogP contribution in [0.25, 0.3) is 0 Å². The number of hydrogen-bond acceptors (Lipinski definition) is 4. The maximum atomic E-state index is 13.4. The first-order valence-electron chi connectivity index (χ1n) is 13.5. The van der Waals surface area contributed by atoms with Gasteiger partial charge >= 0.3 is 0 Å². The summed E-state index contributed by atoms with van der Waals surface area (Å²) in [6.07, 6.45) is 11.7. The third kappa shape index (κ3) is 6.08. The van der Waals surface area contributed by atoms with Gasteiger partial charge in [0.1, 0.15) is 12.4 Å². The fourth-order valence-electron chi connectivity index (χ4n) is 6.26. The SMILES string of the molecule is CC/C(=C\F)COc1ccc(C23CCC(C(=O)NC4CCC(OCCOC)CC4)(CC2)CC3)cc1. The van der Waals surface area contributed by atoms with Crippen LogP contribution in [-0.4, -0.2) is 45.0 Å². The fraction of sp³-hybridized carbons (Fsp3) is 0.690. The summed E-state index contributed by atoms with van der Waals surface area (Å²) in [7, 11) is 1.69. The Hall–Kier alpha value is -1.92. The molecule has 5 rings (SSSR count). The van der Waals surface area contributed by atoms with E-state index >= 15 is 0 Å². The minimum Gasteiger partial charge on any atom is -0.489 e. The van der Waals surface area contributed by atoms with E-state index in [4.69, 9.17) is 14.2 Å². The van der Waals surface area contributed by atoms with Crippen LogP contribution in [0, 0.1) is 5.41 Å². The van der Waals surface area contributed by atoms with Crippen molar-refractivity contribution >= 4 is 5.91 Å². The first-order chi connectivity index (χ1) is 17.0. The summed E-state index contributed by atoms with van der Waals surface area (Å²) in [5.41, 5.74) is 1.99. The van der Waals surface area contributed by atoms with Crippen LogP contribution < -0.4 is 10.1 Å². The Labute approximate surface area is 209 Å². The number of fused-ring (bicyclic) bond motifs is 3. The molecule has 0 saturated heterocycles.